The van der Waals surface area contributed by atoms with Gasteiger partial charge in [-0.2, -0.15) is 5.10 Å². The lowest BCUT2D eigenvalue weighted by atomic mass is 10.2. The van der Waals surface area contributed by atoms with Gasteiger partial charge in [0.25, 0.3) is 11.8 Å². The smallest absolute Gasteiger partial charge is 0.258 e. The van der Waals surface area contributed by atoms with Gasteiger partial charge in [-0.1, -0.05) is 13.8 Å². The van der Waals surface area contributed by atoms with E-state index in [1.165, 1.54) is 6.20 Å². The van der Waals surface area contributed by atoms with Gasteiger partial charge < -0.3 is 15.4 Å². The van der Waals surface area contributed by atoms with Gasteiger partial charge in [0.15, 0.2) is 6.61 Å². The number of hydrogen-bond acceptors (Lipinski definition) is 4. The molecule has 1 aromatic carbocycles. The summed E-state index contributed by atoms with van der Waals surface area (Å²) in [6.07, 6.45) is 3.14. The minimum atomic E-state index is -0.232. The Bertz CT molecular complexity index is 692. The highest BCUT2D eigenvalue weighted by Gasteiger charge is 2.08. The summed E-state index contributed by atoms with van der Waals surface area (Å²) in [6.45, 7) is 4.65. The van der Waals surface area contributed by atoms with Crippen LogP contribution in [0.4, 0.5) is 5.69 Å². The molecule has 7 heteroatoms. The van der Waals surface area contributed by atoms with Crippen molar-refractivity contribution < 1.29 is 14.3 Å². The Morgan fingerprint density at radius 3 is 2.54 bits per heavy atom. The molecule has 0 aliphatic rings. The van der Waals surface area contributed by atoms with Crippen LogP contribution in [-0.2, 0) is 11.8 Å². The van der Waals surface area contributed by atoms with Crippen LogP contribution in [0.5, 0.6) is 5.75 Å². The Kier molecular flexibility index (Phi) is 5.95. The lowest BCUT2D eigenvalue weighted by Crippen LogP contribution is -2.31. The molecule has 2 rings (SSSR count). The second-order valence-electron chi connectivity index (χ2n) is 5.87. The van der Waals surface area contributed by atoms with E-state index >= 15 is 0 Å². The summed E-state index contributed by atoms with van der Waals surface area (Å²) in [7, 11) is 1.75. The lowest BCUT2D eigenvalue weighted by molar-refractivity contribution is -0.123. The van der Waals surface area contributed by atoms with E-state index < -0.39 is 0 Å². The number of amides is 2. The summed E-state index contributed by atoms with van der Waals surface area (Å²) in [6, 6.07) is 6.84. The zero-order valence-corrected chi connectivity index (χ0v) is 14.1. The first kappa shape index (κ1) is 17.5. The summed E-state index contributed by atoms with van der Waals surface area (Å²) in [5.74, 6) is 0.577. The van der Waals surface area contributed by atoms with Gasteiger partial charge in [0.2, 0.25) is 0 Å². The summed E-state index contributed by atoms with van der Waals surface area (Å²) in [4.78, 5) is 23.6. The number of anilines is 1. The van der Waals surface area contributed by atoms with Crippen molar-refractivity contribution in [2.45, 2.75) is 13.8 Å². The van der Waals surface area contributed by atoms with E-state index in [9.17, 15) is 9.59 Å². The van der Waals surface area contributed by atoms with Gasteiger partial charge in [0.05, 0.1) is 11.8 Å². The molecule has 2 aromatic rings. The number of carbonyl (C=O) groups is 2. The molecule has 0 radical (unpaired) electrons. The third-order valence-electron chi connectivity index (χ3n) is 3.16. The van der Waals surface area contributed by atoms with Crippen LogP contribution in [0.3, 0.4) is 0 Å². The maximum atomic E-state index is 12.0. The molecule has 0 aliphatic carbocycles. The monoisotopic (exact) mass is 330 g/mol. The standard InChI is InChI=1S/C17H22N4O3/c1-12(2)8-18-16(22)11-24-15-6-4-14(5-7-15)20-17(23)13-9-19-21(3)10-13/h4-7,9-10,12H,8,11H2,1-3H3,(H,18,22)(H,20,23). The molecular formula is C17H22N4O3. The Balaban J connectivity index is 1.82. The number of aromatic nitrogens is 2. The first-order valence-corrected chi connectivity index (χ1v) is 7.73. The van der Waals surface area contributed by atoms with E-state index in [1.54, 1.807) is 42.2 Å². The van der Waals surface area contributed by atoms with Crippen LogP contribution in [0.25, 0.3) is 0 Å². The molecule has 0 unspecified atom stereocenters. The maximum Gasteiger partial charge on any atom is 0.258 e. The Morgan fingerprint density at radius 1 is 1.25 bits per heavy atom. The van der Waals surface area contributed by atoms with Crippen LogP contribution in [-0.4, -0.2) is 34.7 Å². The van der Waals surface area contributed by atoms with Gasteiger partial charge in [-0.25, -0.2) is 0 Å². The van der Waals surface area contributed by atoms with Crippen molar-refractivity contribution in [1.29, 1.82) is 0 Å². The average molecular weight is 330 g/mol. The molecule has 0 aliphatic heterocycles. The van der Waals surface area contributed by atoms with Crippen LogP contribution in [0, 0.1) is 5.92 Å². The molecule has 1 aromatic heterocycles. The highest BCUT2D eigenvalue weighted by molar-refractivity contribution is 6.03. The van der Waals surface area contributed by atoms with Gasteiger partial charge in [-0.15, -0.1) is 0 Å². The second-order valence-corrected chi connectivity index (χ2v) is 5.87. The summed E-state index contributed by atoms with van der Waals surface area (Å²) < 4.78 is 6.98. The zero-order valence-electron chi connectivity index (χ0n) is 14.1. The van der Waals surface area contributed by atoms with E-state index in [-0.39, 0.29) is 18.4 Å². The fourth-order valence-electron chi connectivity index (χ4n) is 1.89. The Morgan fingerprint density at radius 2 is 1.96 bits per heavy atom. The highest BCUT2D eigenvalue weighted by Crippen LogP contribution is 2.16. The number of aryl methyl sites for hydroxylation is 1. The van der Waals surface area contributed by atoms with Crippen molar-refractivity contribution in [3.8, 4) is 5.75 Å². The maximum absolute atomic E-state index is 12.0. The van der Waals surface area contributed by atoms with Crippen molar-refractivity contribution >= 4 is 17.5 Å². The van der Waals surface area contributed by atoms with Crippen molar-refractivity contribution in [2.24, 2.45) is 13.0 Å². The summed E-state index contributed by atoms with van der Waals surface area (Å²) in [5, 5.41) is 9.51. The molecule has 2 amide bonds. The summed E-state index contributed by atoms with van der Waals surface area (Å²) >= 11 is 0. The normalized spacial score (nSPS) is 10.5. The van der Waals surface area contributed by atoms with E-state index in [0.29, 0.717) is 29.5 Å². The fraction of sp³-hybridized carbons (Fsp3) is 0.353. The molecule has 24 heavy (non-hydrogen) atoms. The SMILES string of the molecule is CC(C)CNC(=O)COc1ccc(NC(=O)c2cnn(C)c2)cc1. The fourth-order valence-corrected chi connectivity index (χ4v) is 1.89. The van der Waals surface area contributed by atoms with Crippen molar-refractivity contribution in [2.75, 3.05) is 18.5 Å². The van der Waals surface area contributed by atoms with Crippen LogP contribution < -0.4 is 15.4 Å². The number of ether oxygens (including phenoxy) is 1. The molecule has 1 heterocycles. The number of hydrogen-bond donors (Lipinski definition) is 2. The number of carbonyl (C=O) groups excluding carboxylic acids is 2. The van der Waals surface area contributed by atoms with Crippen molar-refractivity contribution in [3.05, 3.63) is 42.2 Å². The number of rotatable bonds is 7. The van der Waals surface area contributed by atoms with Gasteiger partial charge in [-0.3, -0.25) is 14.3 Å². The molecule has 0 spiro atoms. The minimum absolute atomic E-state index is 0.0336. The van der Waals surface area contributed by atoms with Crippen molar-refractivity contribution in [1.82, 2.24) is 15.1 Å². The zero-order chi connectivity index (χ0) is 17.5. The highest BCUT2D eigenvalue weighted by atomic mass is 16.5. The van der Waals surface area contributed by atoms with E-state index in [1.807, 2.05) is 13.8 Å². The van der Waals surface area contributed by atoms with E-state index in [4.69, 9.17) is 4.74 Å². The topological polar surface area (TPSA) is 85.2 Å². The lowest BCUT2D eigenvalue weighted by Gasteiger charge is -2.10. The molecule has 2 N–H and O–H groups in total. The second kappa shape index (κ2) is 8.14. The van der Waals surface area contributed by atoms with Gasteiger partial charge in [-0.05, 0) is 30.2 Å². The van der Waals surface area contributed by atoms with Gasteiger partial charge in [0.1, 0.15) is 5.75 Å². The molecule has 0 fully saturated rings. The van der Waals surface area contributed by atoms with Crippen LogP contribution in [0.2, 0.25) is 0 Å². The predicted octanol–water partition coefficient (Wildman–Crippen LogP) is 1.82. The number of benzene rings is 1. The largest absolute Gasteiger partial charge is 0.484 e. The molecule has 0 saturated carbocycles. The third kappa shape index (κ3) is 5.42. The first-order chi connectivity index (χ1) is 11.4. The molecule has 0 atom stereocenters. The minimum Gasteiger partial charge on any atom is -0.484 e. The quantitative estimate of drug-likeness (QED) is 0.811. The predicted molar refractivity (Wildman–Crippen MR) is 90.9 cm³/mol. The third-order valence-corrected chi connectivity index (χ3v) is 3.16. The molecule has 0 saturated heterocycles. The average Bonchev–Trinajstić information content (AvgIpc) is 2.99. The first-order valence-electron chi connectivity index (χ1n) is 7.73. The Labute approximate surface area is 141 Å². The van der Waals surface area contributed by atoms with E-state index in [2.05, 4.69) is 15.7 Å². The van der Waals surface area contributed by atoms with Crippen LogP contribution in [0.15, 0.2) is 36.7 Å². The van der Waals surface area contributed by atoms with Crippen molar-refractivity contribution in [3.63, 3.8) is 0 Å². The number of nitrogens with one attached hydrogen (secondary N) is 2. The Hall–Kier alpha value is -2.83. The van der Waals surface area contributed by atoms with Gasteiger partial charge in [0, 0.05) is 25.5 Å². The van der Waals surface area contributed by atoms with E-state index in [0.717, 1.165) is 0 Å². The number of nitrogens with zero attached hydrogens (tertiary/aromatic N) is 2. The summed E-state index contributed by atoms with van der Waals surface area (Å²) in [5.41, 5.74) is 1.13. The molecule has 7 nitrogen and oxygen atoms in total. The van der Waals surface area contributed by atoms with Gasteiger partial charge >= 0.3 is 0 Å². The molecular weight excluding hydrogens is 308 g/mol. The van der Waals surface area contributed by atoms with Crippen LogP contribution >= 0.6 is 0 Å². The molecule has 0 bridgehead atoms. The molecule has 128 valence electrons. The van der Waals surface area contributed by atoms with Crippen LogP contribution in [0.1, 0.15) is 24.2 Å².